The van der Waals surface area contributed by atoms with Crippen LogP contribution in [0, 0.1) is 11.3 Å². The highest BCUT2D eigenvalue weighted by Crippen LogP contribution is 2.32. The van der Waals surface area contributed by atoms with Gasteiger partial charge in [0.25, 0.3) is 5.91 Å². The molecule has 4 nitrogen and oxygen atoms in total. The van der Waals surface area contributed by atoms with E-state index in [2.05, 4.69) is 11.4 Å². The van der Waals surface area contributed by atoms with E-state index in [-0.39, 0.29) is 18.3 Å². The summed E-state index contributed by atoms with van der Waals surface area (Å²) >= 11 is 11.9. The van der Waals surface area contributed by atoms with Crippen molar-refractivity contribution < 1.29 is 9.53 Å². The number of nitriles is 1. The van der Waals surface area contributed by atoms with Gasteiger partial charge in [-0.25, -0.2) is 0 Å². The Morgan fingerprint density at radius 3 is 2.36 bits per heavy atom. The van der Waals surface area contributed by atoms with E-state index in [1.165, 1.54) is 0 Å². The topological polar surface area (TPSA) is 62.1 Å². The van der Waals surface area contributed by atoms with Crippen LogP contribution in [0.4, 0.5) is 5.69 Å². The second kappa shape index (κ2) is 7.69. The molecule has 0 aliphatic carbocycles. The number of rotatable bonds is 5. The Morgan fingerprint density at radius 2 is 1.77 bits per heavy atom. The van der Waals surface area contributed by atoms with Crippen LogP contribution < -0.4 is 10.1 Å². The van der Waals surface area contributed by atoms with Gasteiger partial charge in [0, 0.05) is 5.69 Å². The zero-order chi connectivity index (χ0) is 15.9. The first-order chi connectivity index (χ1) is 10.6. The highest BCUT2D eigenvalue weighted by Gasteiger charge is 2.09. The van der Waals surface area contributed by atoms with Gasteiger partial charge >= 0.3 is 0 Å². The third kappa shape index (κ3) is 4.39. The Morgan fingerprint density at radius 1 is 1.14 bits per heavy atom. The average molecular weight is 335 g/mol. The number of carbonyl (C=O) groups is 1. The minimum atomic E-state index is -0.330. The zero-order valence-electron chi connectivity index (χ0n) is 11.5. The molecule has 2 aromatic rings. The summed E-state index contributed by atoms with van der Waals surface area (Å²) < 4.78 is 5.34. The number of hydrogen-bond acceptors (Lipinski definition) is 3. The molecule has 0 unspecified atom stereocenters. The monoisotopic (exact) mass is 334 g/mol. The summed E-state index contributed by atoms with van der Waals surface area (Å²) in [6, 6.07) is 14.0. The van der Waals surface area contributed by atoms with Gasteiger partial charge in [-0.05, 0) is 29.8 Å². The molecular formula is C16H12Cl2N2O2. The Kier molecular flexibility index (Phi) is 5.65. The van der Waals surface area contributed by atoms with Crippen LogP contribution in [0.25, 0.3) is 0 Å². The molecule has 0 aliphatic heterocycles. The SMILES string of the molecule is N#CCc1ccc(NC(=O)COc2c(Cl)cccc2Cl)cc1. The molecule has 0 heterocycles. The molecule has 112 valence electrons. The molecule has 0 fully saturated rings. The molecule has 2 aromatic carbocycles. The lowest BCUT2D eigenvalue weighted by molar-refractivity contribution is -0.118. The van der Waals surface area contributed by atoms with Crippen LogP contribution >= 0.6 is 23.2 Å². The number of halogens is 2. The molecule has 1 amide bonds. The highest BCUT2D eigenvalue weighted by atomic mass is 35.5. The Balaban J connectivity index is 1.92. The third-order valence-corrected chi connectivity index (χ3v) is 3.38. The van der Waals surface area contributed by atoms with Crippen LogP contribution in [0.3, 0.4) is 0 Å². The van der Waals surface area contributed by atoms with Gasteiger partial charge in [0.15, 0.2) is 12.4 Å². The van der Waals surface area contributed by atoms with Gasteiger partial charge in [-0.1, -0.05) is 41.4 Å². The molecule has 2 rings (SSSR count). The normalized spacial score (nSPS) is 9.86. The second-order valence-corrected chi connectivity index (χ2v) is 5.23. The van der Waals surface area contributed by atoms with Crippen LogP contribution in [-0.2, 0) is 11.2 Å². The van der Waals surface area contributed by atoms with Crippen molar-refractivity contribution in [3.63, 3.8) is 0 Å². The Labute approximate surface area is 138 Å². The van der Waals surface area contributed by atoms with E-state index in [0.29, 0.717) is 22.2 Å². The molecule has 0 saturated heterocycles. The van der Waals surface area contributed by atoms with Crippen molar-refractivity contribution in [1.29, 1.82) is 5.26 Å². The van der Waals surface area contributed by atoms with Crippen molar-refractivity contribution in [2.75, 3.05) is 11.9 Å². The number of nitrogens with one attached hydrogen (secondary N) is 1. The minimum Gasteiger partial charge on any atom is -0.481 e. The number of carbonyl (C=O) groups excluding carboxylic acids is 1. The van der Waals surface area contributed by atoms with E-state index < -0.39 is 0 Å². The van der Waals surface area contributed by atoms with Gasteiger partial charge in [-0.3, -0.25) is 4.79 Å². The molecular weight excluding hydrogens is 323 g/mol. The van der Waals surface area contributed by atoms with Gasteiger partial charge in [-0.2, -0.15) is 5.26 Å². The summed E-state index contributed by atoms with van der Waals surface area (Å²) in [7, 11) is 0. The van der Waals surface area contributed by atoms with E-state index in [9.17, 15) is 4.79 Å². The lowest BCUT2D eigenvalue weighted by Crippen LogP contribution is -2.20. The fourth-order valence-electron chi connectivity index (χ4n) is 1.75. The van der Waals surface area contributed by atoms with Crippen LogP contribution in [0.15, 0.2) is 42.5 Å². The standard InChI is InChI=1S/C16H12Cl2N2O2/c17-13-2-1-3-14(18)16(13)22-10-15(21)20-12-6-4-11(5-7-12)8-9-19/h1-7H,8,10H2,(H,20,21). The Hall–Kier alpha value is -2.22. The first-order valence-corrected chi connectivity index (χ1v) is 7.18. The van der Waals surface area contributed by atoms with Crippen molar-refractivity contribution >= 4 is 34.8 Å². The van der Waals surface area contributed by atoms with E-state index in [4.69, 9.17) is 33.2 Å². The summed E-state index contributed by atoms with van der Waals surface area (Å²) in [5.74, 6) is -0.0469. The number of nitrogens with zero attached hydrogens (tertiary/aromatic N) is 1. The second-order valence-electron chi connectivity index (χ2n) is 4.42. The fourth-order valence-corrected chi connectivity index (χ4v) is 2.26. The highest BCUT2D eigenvalue weighted by molar-refractivity contribution is 6.37. The first-order valence-electron chi connectivity index (χ1n) is 6.42. The number of ether oxygens (including phenoxy) is 1. The maximum Gasteiger partial charge on any atom is 0.262 e. The molecule has 1 N–H and O–H groups in total. The average Bonchev–Trinajstić information content (AvgIpc) is 2.49. The van der Waals surface area contributed by atoms with Crippen LogP contribution in [0.5, 0.6) is 5.75 Å². The van der Waals surface area contributed by atoms with Crippen molar-refractivity contribution in [1.82, 2.24) is 0 Å². The van der Waals surface area contributed by atoms with Crippen molar-refractivity contribution in [2.45, 2.75) is 6.42 Å². The molecule has 0 saturated carbocycles. The number of anilines is 1. The number of benzene rings is 2. The number of para-hydroxylation sites is 1. The van der Waals surface area contributed by atoms with Gasteiger partial charge in [-0.15, -0.1) is 0 Å². The van der Waals surface area contributed by atoms with Crippen molar-refractivity contribution in [2.24, 2.45) is 0 Å². The molecule has 6 heteroatoms. The van der Waals surface area contributed by atoms with E-state index in [1.54, 1.807) is 42.5 Å². The summed E-state index contributed by atoms with van der Waals surface area (Å²) in [5, 5.41) is 12.0. The molecule has 22 heavy (non-hydrogen) atoms. The van der Waals surface area contributed by atoms with E-state index >= 15 is 0 Å². The number of hydrogen-bond donors (Lipinski definition) is 1. The van der Waals surface area contributed by atoms with Crippen LogP contribution in [-0.4, -0.2) is 12.5 Å². The van der Waals surface area contributed by atoms with Crippen LogP contribution in [0.1, 0.15) is 5.56 Å². The van der Waals surface area contributed by atoms with Gasteiger partial charge in [0.05, 0.1) is 22.5 Å². The van der Waals surface area contributed by atoms with Gasteiger partial charge < -0.3 is 10.1 Å². The third-order valence-electron chi connectivity index (χ3n) is 2.79. The van der Waals surface area contributed by atoms with Gasteiger partial charge in [0.1, 0.15) is 0 Å². The Bertz CT molecular complexity index is 689. The molecule has 0 bridgehead atoms. The smallest absolute Gasteiger partial charge is 0.262 e. The molecule has 0 radical (unpaired) electrons. The minimum absolute atomic E-state index is 0.205. The van der Waals surface area contributed by atoms with Crippen LogP contribution in [0.2, 0.25) is 10.0 Å². The quantitative estimate of drug-likeness (QED) is 0.896. The summed E-state index contributed by atoms with van der Waals surface area (Å²) in [6.45, 7) is -0.205. The maximum atomic E-state index is 11.8. The zero-order valence-corrected chi connectivity index (χ0v) is 13.0. The summed E-state index contributed by atoms with van der Waals surface area (Å²) in [4.78, 5) is 11.8. The molecule has 0 aromatic heterocycles. The van der Waals surface area contributed by atoms with Crippen molar-refractivity contribution in [3.8, 4) is 11.8 Å². The largest absolute Gasteiger partial charge is 0.481 e. The van der Waals surface area contributed by atoms with Gasteiger partial charge in [0.2, 0.25) is 0 Å². The van der Waals surface area contributed by atoms with E-state index in [1.807, 2.05) is 0 Å². The predicted octanol–water partition coefficient (Wildman–Crippen LogP) is 4.08. The lowest BCUT2D eigenvalue weighted by Gasteiger charge is -2.10. The molecule has 0 atom stereocenters. The summed E-state index contributed by atoms with van der Waals surface area (Å²) in [5.41, 5.74) is 1.51. The maximum absolute atomic E-state index is 11.8. The molecule has 0 spiro atoms. The first kappa shape index (κ1) is 16.2. The fraction of sp³-hybridized carbons (Fsp3) is 0.125. The predicted molar refractivity (Wildman–Crippen MR) is 86.3 cm³/mol. The molecule has 0 aliphatic rings. The van der Waals surface area contributed by atoms with Crippen molar-refractivity contribution in [3.05, 3.63) is 58.1 Å². The van der Waals surface area contributed by atoms with E-state index in [0.717, 1.165) is 5.56 Å². The number of amides is 1. The lowest BCUT2D eigenvalue weighted by atomic mass is 10.1. The summed E-state index contributed by atoms with van der Waals surface area (Å²) in [6.07, 6.45) is 0.336.